The number of hydrogen-bond donors (Lipinski definition) is 2. The Balaban J connectivity index is 2.01. The van der Waals surface area contributed by atoms with Gasteiger partial charge < -0.3 is 14.8 Å². The molecule has 0 spiro atoms. The second kappa shape index (κ2) is 8.83. The van der Waals surface area contributed by atoms with E-state index in [1.807, 2.05) is 0 Å². The molecule has 7 nitrogen and oxygen atoms in total. The van der Waals surface area contributed by atoms with E-state index in [0.29, 0.717) is 17.1 Å². The fourth-order valence-corrected chi connectivity index (χ4v) is 3.90. The highest BCUT2D eigenvalue weighted by molar-refractivity contribution is 7.92. The molecule has 3 rings (SSSR count). The van der Waals surface area contributed by atoms with Crippen LogP contribution >= 0.6 is 0 Å². The Morgan fingerprint density at radius 2 is 1.53 bits per heavy atom. The molecule has 9 heteroatoms. The van der Waals surface area contributed by atoms with E-state index in [-0.39, 0.29) is 16.1 Å². The van der Waals surface area contributed by atoms with Crippen LogP contribution in [0.5, 0.6) is 5.75 Å². The fourth-order valence-electron chi connectivity index (χ4n) is 2.65. The molecular formula is C21H19FN2O5S. The molecule has 2 N–H and O–H groups in total. The van der Waals surface area contributed by atoms with Gasteiger partial charge in [-0.2, -0.15) is 0 Å². The number of carbonyl (C=O) groups is 1. The molecule has 0 aliphatic heterocycles. The summed E-state index contributed by atoms with van der Waals surface area (Å²) in [7, 11) is -1.38. The molecule has 0 radical (unpaired) electrons. The van der Waals surface area contributed by atoms with E-state index in [0.717, 1.165) is 0 Å². The Morgan fingerprint density at radius 3 is 2.13 bits per heavy atom. The number of methoxy groups -OCH3 is 2. The normalized spacial score (nSPS) is 10.9. The molecule has 156 valence electrons. The van der Waals surface area contributed by atoms with Crippen molar-refractivity contribution >= 4 is 33.1 Å². The van der Waals surface area contributed by atoms with Crippen LogP contribution in [0.25, 0.3) is 0 Å². The van der Waals surface area contributed by atoms with Crippen LogP contribution in [-0.2, 0) is 14.8 Å². The predicted molar refractivity (Wildman–Crippen MR) is 111 cm³/mol. The number of rotatable bonds is 7. The summed E-state index contributed by atoms with van der Waals surface area (Å²) in [6, 6.07) is 15.8. The number of halogens is 1. The molecule has 0 heterocycles. The van der Waals surface area contributed by atoms with Gasteiger partial charge in [0.25, 0.3) is 10.0 Å². The third kappa shape index (κ3) is 4.87. The number of nitrogens with one attached hydrogen (secondary N) is 2. The summed E-state index contributed by atoms with van der Waals surface area (Å²) in [6.07, 6.45) is 0. The molecular weight excluding hydrogens is 411 g/mol. The van der Waals surface area contributed by atoms with Gasteiger partial charge in [-0.25, -0.2) is 17.6 Å². The minimum atomic E-state index is -4.09. The summed E-state index contributed by atoms with van der Waals surface area (Å²) >= 11 is 0. The van der Waals surface area contributed by atoms with Crippen LogP contribution < -0.4 is 14.8 Å². The van der Waals surface area contributed by atoms with E-state index in [1.54, 1.807) is 24.3 Å². The van der Waals surface area contributed by atoms with Crippen molar-refractivity contribution in [2.24, 2.45) is 0 Å². The van der Waals surface area contributed by atoms with Crippen molar-refractivity contribution in [2.45, 2.75) is 4.90 Å². The lowest BCUT2D eigenvalue weighted by Gasteiger charge is -2.15. The summed E-state index contributed by atoms with van der Waals surface area (Å²) in [5.74, 6) is -0.524. The zero-order chi connectivity index (χ0) is 21.7. The number of sulfonamides is 1. The highest BCUT2D eigenvalue weighted by atomic mass is 32.2. The molecule has 30 heavy (non-hydrogen) atoms. The molecule has 0 amide bonds. The van der Waals surface area contributed by atoms with Crippen molar-refractivity contribution in [3.8, 4) is 5.75 Å². The predicted octanol–water partition coefficient (Wildman–Crippen LogP) is 4.17. The molecule has 0 bridgehead atoms. The number of carbonyl (C=O) groups excluding carboxylic acids is 1. The Bertz CT molecular complexity index is 1150. The van der Waals surface area contributed by atoms with Crippen LogP contribution in [-0.4, -0.2) is 28.6 Å². The topological polar surface area (TPSA) is 93.7 Å². The number of ether oxygens (including phenoxy) is 2. The first-order valence-electron chi connectivity index (χ1n) is 8.74. The van der Waals surface area contributed by atoms with Gasteiger partial charge in [0.05, 0.1) is 25.5 Å². The van der Waals surface area contributed by atoms with E-state index < -0.39 is 21.8 Å². The van der Waals surface area contributed by atoms with E-state index in [9.17, 15) is 17.6 Å². The number of esters is 1. The van der Waals surface area contributed by atoms with Gasteiger partial charge in [0.1, 0.15) is 16.5 Å². The quantitative estimate of drug-likeness (QED) is 0.547. The van der Waals surface area contributed by atoms with Crippen molar-refractivity contribution in [3.63, 3.8) is 0 Å². The van der Waals surface area contributed by atoms with Gasteiger partial charge >= 0.3 is 5.97 Å². The number of hydrogen-bond acceptors (Lipinski definition) is 6. The SMILES string of the molecule is COC(=O)c1ccc(Nc2ccc(F)cc2)c(S(=O)(=O)Nc2ccc(OC)cc2)c1. The van der Waals surface area contributed by atoms with Gasteiger partial charge in [-0.05, 0) is 66.7 Å². The van der Waals surface area contributed by atoms with Crippen molar-refractivity contribution in [1.82, 2.24) is 0 Å². The van der Waals surface area contributed by atoms with Crippen LogP contribution in [0.1, 0.15) is 10.4 Å². The molecule has 0 saturated heterocycles. The molecule has 0 aromatic heterocycles. The molecule has 0 saturated carbocycles. The summed E-state index contributed by atoms with van der Waals surface area (Å²) in [5, 5.41) is 2.94. The minimum absolute atomic E-state index is 0.0669. The van der Waals surface area contributed by atoms with Crippen LogP contribution in [0.15, 0.2) is 71.6 Å². The Morgan fingerprint density at radius 1 is 0.900 bits per heavy atom. The molecule has 3 aromatic rings. The standard InChI is InChI=1S/C21H19FN2O5S/c1-28-18-10-8-17(9-11-18)24-30(26,27)20-13-14(21(25)29-2)3-12-19(20)23-16-6-4-15(22)5-7-16/h3-13,23-24H,1-2H3. The first kappa shape index (κ1) is 21.1. The smallest absolute Gasteiger partial charge is 0.337 e. The van der Waals surface area contributed by atoms with Crippen molar-refractivity contribution in [2.75, 3.05) is 24.3 Å². The highest BCUT2D eigenvalue weighted by Gasteiger charge is 2.22. The van der Waals surface area contributed by atoms with Crippen molar-refractivity contribution < 1.29 is 27.1 Å². The highest BCUT2D eigenvalue weighted by Crippen LogP contribution is 2.29. The van der Waals surface area contributed by atoms with E-state index >= 15 is 0 Å². The van der Waals surface area contributed by atoms with E-state index in [2.05, 4.69) is 14.8 Å². The average molecular weight is 430 g/mol. The molecule has 0 aliphatic carbocycles. The average Bonchev–Trinajstić information content (AvgIpc) is 2.75. The molecule has 0 fully saturated rings. The first-order valence-corrected chi connectivity index (χ1v) is 10.2. The number of benzene rings is 3. The zero-order valence-corrected chi connectivity index (χ0v) is 17.0. The monoisotopic (exact) mass is 430 g/mol. The van der Waals surface area contributed by atoms with Crippen LogP contribution in [0, 0.1) is 5.82 Å². The van der Waals surface area contributed by atoms with E-state index in [4.69, 9.17) is 4.74 Å². The fraction of sp³-hybridized carbons (Fsp3) is 0.0952. The number of anilines is 3. The summed E-state index contributed by atoms with van der Waals surface area (Å²) in [6.45, 7) is 0. The van der Waals surface area contributed by atoms with Crippen LogP contribution in [0.3, 0.4) is 0 Å². The second-order valence-corrected chi connectivity index (χ2v) is 7.82. The van der Waals surface area contributed by atoms with Crippen LogP contribution in [0.2, 0.25) is 0 Å². The van der Waals surface area contributed by atoms with E-state index in [1.165, 1.54) is 56.7 Å². The summed E-state index contributed by atoms with van der Waals surface area (Å²) < 4.78 is 51.6. The molecule has 0 unspecified atom stereocenters. The van der Waals surface area contributed by atoms with Gasteiger partial charge in [0, 0.05) is 11.4 Å². The lowest BCUT2D eigenvalue weighted by Crippen LogP contribution is -2.16. The Kier molecular flexibility index (Phi) is 6.22. The van der Waals surface area contributed by atoms with Gasteiger partial charge in [-0.3, -0.25) is 4.72 Å². The maximum absolute atomic E-state index is 13.2. The maximum Gasteiger partial charge on any atom is 0.337 e. The van der Waals surface area contributed by atoms with Gasteiger partial charge in [-0.1, -0.05) is 0 Å². The summed E-state index contributed by atoms with van der Waals surface area (Å²) in [4.78, 5) is 11.7. The third-order valence-corrected chi connectivity index (χ3v) is 5.58. The lowest BCUT2D eigenvalue weighted by molar-refractivity contribution is 0.0600. The third-order valence-electron chi connectivity index (χ3n) is 4.16. The Labute approximate surface area is 173 Å². The first-order chi connectivity index (χ1) is 14.3. The van der Waals surface area contributed by atoms with Gasteiger partial charge in [0.15, 0.2) is 0 Å². The minimum Gasteiger partial charge on any atom is -0.497 e. The van der Waals surface area contributed by atoms with Crippen molar-refractivity contribution in [1.29, 1.82) is 0 Å². The molecule has 3 aromatic carbocycles. The summed E-state index contributed by atoms with van der Waals surface area (Å²) in [5.41, 5.74) is 1.06. The van der Waals surface area contributed by atoms with Gasteiger partial charge in [0.2, 0.25) is 0 Å². The van der Waals surface area contributed by atoms with Gasteiger partial charge in [-0.15, -0.1) is 0 Å². The lowest BCUT2D eigenvalue weighted by atomic mass is 10.2. The molecule has 0 atom stereocenters. The maximum atomic E-state index is 13.2. The Hall–Kier alpha value is -3.59. The largest absolute Gasteiger partial charge is 0.497 e. The zero-order valence-electron chi connectivity index (χ0n) is 16.2. The van der Waals surface area contributed by atoms with Crippen LogP contribution in [0.4, 0.5) is 21.5 Å². The van der Waals surface area contributed by atoms with Crippen molar-refractivity contribution in [3.05, 3.63) is 78.1 Å². The molecule has 0 aliphatic rings. The second-order valence-electron chi connectivity index (χ2n) is 6.17.